The molecule has 1 N–H and O–H groups in total. The van der Waals surface area contributed by atoms with Crippen molar-refractivity contribution in [3.8, 4) is 0 Å². The van der Waals surface area contributed by atoms with Gasteiger partial charge in [0.25, 0.3) is 0 Å². The average molecular weight is 523 g/mol. The van der Waals surface area contributed by atoms with Crippen LogP contribution in [0.3, 0.4) is 0 Å². The van der Waals surface area contributed by atoms with Gasteiger partial charge in [-0.05, 0) is 64.6 Å². The third-order valence-corrected chi connectivity index (χ3v) is 9.01. The molecular weight excluding hydrogens is 480 g/mol. The molecule has 1 aromatic heterocycles. The summed E-state index contributed by atoms with van der Waals surface area (Å²) in [5.41, 5.74) is 3.07. The molecule has 2 aliphatic heterocycles. The van der Waals surface area contributed by atoms with E-state index in [9.17, 15) is 14.4 Å². The summed E-state index contributed by atoms with van der Waals surface area (Å²) in [6, 6.07) is 6.15. The number of carbonyl (C=O) groups excluding carboxylic acids is 3. The van der Waals surface area contributed by atoms with E-state index in [0.717, 1.165) is 67.2 Å². The number of fused-ring (bicyclic) bond motifs is 1. The summed E-state index contributed by atoms with van der Waals surface area (Å²) >= 11 is 0. The summed E-state index contributed by atoms with van der Waals surface area (Å²) in [7, 11) is 1.80. The van der Waals surface area contributed by atoms with E-state index >= 15 is 0 Å². The fraction of sp³-hybridized carbons (Fsp3) is 0.633. The van der Waals surface area contributed by atoms with Crippen LogP contribution in [0.25, 0.3) is 10.9 Å². The summed E-state index contributed by atoms with van der Waals surface area (Å²) in [4.78, 5) is 43.3. The van der Waals surface area contributed by atoms with Gasteiger partial charge in [0.05, 0.1) is 23.8 Å². The number of amides is 2. The van der Waals surface area contributed by atoms with Crippen molar-refractivity contribution >= 4 is 34.4 Å². The molecule has 3 heterocycles. The topological polar surface area (TPSA) is 83.9 Å². The Hall–Kier alpha value is -2.87. The highest BCUT2D eigenvalue weighted by atomic mass is 16.6. The molecule has 8 heteroatoms. The zero-order valence-electron chi connectivity index (χ0n) is 23.1. The van der Waals surface area contributed by atoms with Gasteiger partial charge < -0.3 is 19.5 Å². The van der Waals surface area contributed by atoms with E-state index in [0.29, 0.717) is 26.1 Å². The number of aromatic nitrogens is 1. The fourth-order valence-electron chi connectivity index (χ4n) is 6.67. The molecule has 2 saturated heterocycles. The van der Waals surface area contributed by atoms with Crippen LogP contribution in [0.4, 0.5) is 10.5 Å². The van der Waals surface area contributed by atoms with Crippen molar-refractivity contribution in [2.45, 2.75) is 83.8 Å². The molecule has 2 amide bonds. The van der Waals surface area contributed by atoms with E-state index in [-0.39, 0.29) is 41.7 Å². The van der Waals surface area contributed by atoms with Crippen molar-refractivity contribution in [2.75, 3.05) is 31.6 Å². The first-order valence-corrected chi connectivity index (χ1v) is 14.4. The Labute approximate surface area is 225 Å². The van der Waals surface area contributed by atoms with Crippen LogP contribution in [0.1, 0.15) is 63.9 Å². The maximum atomic E-state index is 14.1. The monoisotopic (exact) mass is 522 g/mol. The Morgan fingerprint density at radius 1 is 1.11 bits per heavy atom. The van der Waals surface area contributed by atoms with Gasteiger partial charge in [-0.2, -0.15) is 0 Å². The lowest BCUT2D eigenvalue weighted by Crippen LogP contribution is -2.45. The number of hydrogen-bond donors (Lipinski definition) is 1. The van der Waals surface area contributed by atoms with Crippen LogP contribution in [0.5, 0.6) is 0 Å². The van der Waals surface area contributed by atoms with Crippen molar-refractivity contribution in [2.24, 2.45) is 11.8 Å². The Morgan fingerprint density at radius 3 is 2.61 bits per heavy atom. The molecular formula is C30H42N4O4. The maximum absolute atomic E-state index is 14.1. The Balaban J connectivity index is 1.40. The van der Waals surface area contributed by atoms with Gasteiger partial charge in [0.15, 0.2) is 0 Å². The zero-order chi connectivity index (χ0) is 26.8. The Kier molecular flexibility index (Phi) is 8.07. The minimum atomic E-state index is -0.306. The molecule has 0 radical (unpaired) electrons. The average Bonchev–Trinajstić information content (AvgIpc) is 3.65. The van der Waals surface area contributed by atoms with Gasteiger partial charge in [-0.15, -0.1) is 0 Å². The summed E-state index contributed by atoms with van der Waals surface area (Å²) in [5.74, 6) is 0.333. The van der Waals surface area contributed by atoms with Crippen molar-refractivity contribution in [1.29, 1.82) is 0 Å². The van der Waals surface area contributed by atoms with Gasteiger partial charge in [-0.1, -0.05) is 30.9 Å². The third-order valence-electron chi connectivity index (χ3n) is 9.01. The second-order valence-corrected chi connectivity index (χ2v) is 11.5. The molecule has 3 aliphatic rings. The molecule has 38 heavy (non-hydrogen) atoms. The number of aryl methyl sites for hydroxylation is 1. The van der Waals surface area contributed by atoms with Crippen LogP contribution in [-0.2, 0) is 20.9 Å². The highest BCUT2D eigenvalue weighted by Gasteiger charge is 2.39. The van der Waals surface area contributed by atoms with E-state index in [1.807, 2.05) is 6.92 Å². The Morgan fingerprint density at radius 2 is 1.89 bits per heavy atom. The summed E-state index contributed by atoms with van der Waals surface area (Å²) in [6.07, 6.45) is 9.55. The smallest absolute Gasteiger partial charge is 0.414 e. The highest BCUT2D eigenvalue weighted by Crippen LogP contribution is 2.36. The first-order valence-electron chi connectivity index (χ1n) is 14.4. The number of benzene rings is 1. The normalized spacial score (nSPS) is 22.2. The second kappa shape index (κ2) is 11.5. The van der Waals surface area contributed by atoms with Crippen LogP contribution in [0.2, 0.25) is 0 Å². The molecule has 1 aromatic carbocycles. The number of anilines is 1. The third kappa shape index (κ3) is 5.33. The molecule has 3 unspecified atom stereocenters. The number of nitrogens with zero attached hydrogens (tertiary/aromatic N) is 3. The molecule has 0 spiro atoms. The van der Waals surface area contributed by atoms with Gasteiger partial charge in [0.2, 0.25) is 5.91 Å². The second-order valence-electron chi connectivity index (χ2n) is 11.5. The number of cyclic esters (lactones) is 1. The van der Waals surface area contributed by atoms with E-state index in [4.69, 9.17) is 4.74 Å². The summed E-state index contributed by atoms with van der Waals surface area (Å²) < 4.78 is 7.43. The van der Waals surface area contributed by atoms with Crippen molar-refractivity contribution in [3.05, 3.63) is 30.0 Å². The molecule has 8 nitrogen and oxygen atoms in total. The minimum absolute atomic E-state index is 0.0701. The molecule has 5 rings (SSSR count). The summed E-state index contributed by atoms with van der Waals surface area (Å²) in [6.45, 7) is 6.30. The predicted octanol–water partition coefficient (Wildman–Crippen LogP) is 4.66. The molecule has 1 saturated carbocycles. The molecule has 1 aliphatic carbocycles. The molecule has 3 atom stereocenters. The van der Waals surface area contributed by atoms with Crippen molar-refractivity contribution in [1.82, 2.24) is 14.8 Å². The minimum Gasteiger partial charge on any atom is -0.447 e. The van der Waals surface area contributed by atoms with Gasteiger partial charge in [0, 0.05) is 43.1 Å². The lowest BCUT2D eigenvalue weighted by molar-refractivity contribution is -0.141. The number of Topliss-reactive ketones (excluding diaryl/α,β-unsaturated/α-hetero) is 1. The number of likely N-dealkylation sites (tertiary alicyclic amines) is 1. The zero-order valence-corrected chi connectivity index (χ0v) is 23.1. The summed E-state index contributed by atoms with van der Waals surface area (Å²) in [5, 5.41) is 4.09. The van der Waals surface area contributed by atoms with Crippen LogP contribution >= 0.6 is 0 Å². The van der Waals surface area contributed by atoms with Gasteiger partial charge in [-0.25, -0.2) is 4.79 Å². The fourth-order valence-corrected chi connectivity index (χ4v) is 6.67. The van der Waals surface area contributed by atoms with Crippen molar-refractivity contribution in [3.63, 3.8) is 0 Å². The van der Waals surface area contributed by atoms with E-state index in [1.165, 1.54) is 6.42 Å². The number of likely N-dealkylation sites (N-methyl/N-ethyl adjacent to an activating group) is 1. The molecule has 3 fully saturated rings. The van der Waals surface area contributed by atoms with Crippen LogP contribution in [-0.4, -0.2) is 66.1 Å². The van der Waals surface area contributed by atoms with E-state index < -0.39 is 0 Å². The molecule has 206 valence electrons. The number of ether oxygens (including phenoxy) is 1. The highest BCUT2D eigenvalue weighted by molar-refractivity contribution is 6.02. The standard InChI is InChI=1S/C30H42N4O4/c1-20-11-12-26-25(16-20)27(34-14-15-38-30(34)37)19-32(26)18-23-10-7-13-33(23)29(36)24(17-28(35)21(2)31-3)22-8-5-4-6-9-22/h11-12,16,19,21-24,31H,4-10,13-15,17-18H2,1-3H3. The quantitative estimate of drug-likeness (QED) is 0.518. The number of carbonyl (C=O) groups is 3. The van der Waals surface area contributed by atoms with Crippen molar-refractivity contribution < 1.29 is 19.1 Å². The molecule has 0 bridgehead atoms. The number of rotatable bonds is 9. The van der Waals surface area contributed by atoms with E-state index in [1.54, 1.807) is 11.9 Å². The predicted molar refractivity (Wildman–Crippen MR) is 148 cm³/mol. The van der Waals surface area contributed by atoms with Crippen LogP contribution in [0, 0.1) is 18.8 Å². The lowest BCUT2D eigenvalue weighted by atomic mass is 9.76. The first kappa shape index (κ1) is 26.7. The number of hydrogen-bond acceptors (Lipinski definition) is 5. The molecule has 2 aromatic rings. The largest absolute Gasteiger partial charge is 0.447 e. The number of nitrogens with one attached hydrogen (secondary N) is 1. The SMILES string of the molecule is CNC(C)C(=O)CC(C(=O)N1CCCC1Cn1cc(N2CCOC2=O)c2cc(C)ccc21)C1CCCCC1. The lowest BCUT2D eigenvalue weighted by Gasteiger charge is -2.35. The number of ketones is 1. The van der Waals surface area contributed by atoms with Crippen LogP contribution in [0.15, 0.2) is 24.4 Å². The van der Waals surface area contributed by atoms with Gasteiger partial charge in [0.1, 0.15) is 12.4 Å². The van der Waals surface area contributed by atoms with Gasteiger partial charge in [-0.3, -0.25) is 14.5 Å². The Bertz CT molecular complexity index is 1180. The maximum Gasteiger partial charge on any atom is 0.414 e. The van der Waals surface area contributed by atoms with E-state index in [2.05, 4.69) is 46.1 Å². The van der Waals surface area contributed by atoms with Gasteiger partial charge >= 0.3 is 6.09 Å². The van der Waals surface area contributed by atoms with Crippen LogP contribution < -0.4 is 10.2 Å². The first-order chi connectivity index (χ1) is 18.4.